The van der Waals surface area contributed by atoms with E-state index >= 15 is 0 Å². The molecule has 4 aromatic carbocycles. The van der Waals surface area contributed by atoms with Gasteiger partial charge >= 0.3 is 0 Å². The second kappa shape index (κ2) is 7.26. The Morgan fingerprint density at radius 1 is 0.519 bits per heavy atom. The van der Waals surface area contributed by atoms with Gasteiger partial charge in [0.2, 0.25) is 0 Å². The quantitative estimate of drug-likeness (QED) is 0.374. The maximum absolute atomic E-state index is 5.77. The topological polar surface area (TPSA) is 27.7 Å². The van der Waals surface area contributed by atoms with Gasteiger partial charge in [0, 0.05) is 10.8 Å². The maximum Gasteiger partial charge on any atom is 0.285 e. The molecule has 0 atom stereocenters. The van der Waals surface area contributed by atoms with Crippen LogP contribution < -0.4 is 9.47 Å². The minimum atomic E-state index is 0.0941. The molecule has 132 valence electrons. The van der Waals surface area contributed by atoms with Crippen LogP contribution in [0.5, 0.6) is 11.5 Å². The molecule has 0 aromatic heterocycles. The van der Waals surface area contributed by atoms with E-state index in [-0.39, 0.29) is 11.9 Å². The molecular weight excluding hydrogens is 336 g/mol. The molecule has 0 amide bonds. The van der Waals surface area contributed by atoms with Crippen molar-refractivity contribution < 1.29 is 14.2 Å². The summed E-state index contributed by atoms with van der Waals surface area (Å²) in [6.45, 7) is 7.63. The van der Waals surface area contributed by atoms with Crippen molar-refractivity contribution >= 4 is 21.5 Å². The molecule has 0 fully saturated rings. The molecule has 0 aliphatic heterocycles. The fraction of sp³-hybridized carbons (Fsp3) is 0. The smallest absolute Gasteiger partial charge is 0.285 e. The highest BCUT2D eigenvalue weighted by atomic mass is 16.7. The van der Waals surface area contributed by atoms with Gasteiger partial charge in [0.05, 0.1) is 0 Å². The maximum atomic E-state index is 5.77. The molecule has 3 nitrogen and oxygen atoms in total. The highest BCUT2D eigenvalue weighted by Gasteiger charge is 2.09. The zero-order valence-electron chi connectivity index (χ0n) is 14.7. The number of ether oxygens (including phenoxy) is 3. The van der Waals surface area contributed by atoms with E-state index in [0.29, 0.717) is 11.5 Å². The molecule has 4 rings (SSSR count). The Balaban J connectivity index is 1.47. The highest BCUT2D eigenvalue weighted by molar-refractivity contribution is 5.89. The lowest BCUT2D eigenvalue weighted by Gasteiger charge is -2.14. The molecule has 0 radical (unpaired) electrons. The van der Waals surface area contributed by atoms with Gasteiger partial charge in [-0.05, 0) is 36.1 Å². The van der Waals surface area contributed by atoms with E-state index in [1.54, 1.807) is 0 Å². The Bertz CT molecular complexity index is 1040. The van der Waals surface area contributed by atoms with Gasteiger partial charge in [0.15, 0.2) is 0 Å². The molecule has 27 heavy (non-hydrogen) atoms. The van der Waals surface area contributed by atoms with Crippen molar-refractivity contribution in [3.8, 4) is 11.5 Å². The third-order valence-corrected chi connectivity index (χ3v) is 4.17. The highest BCUT2D eigenvalue weighted by Crippen LogP contribution is 2.29. The van der Waals surface area contributed by atoms with E-state index < -0.39 is 0 Å². The standard InChI is InChI=1S/C24H18O3/c1-17(26-23-15-7-11-19-9-3-5-13-21(19)23)25-18(2)27-24-16-8-12-20-10-4-6-14-22(20)24/h3-16H,1-2H2. The second-order valence-electron chi connectivity index (χ2n) is 6.00. The van der Waals surface area contributed by atoms with Crippen molar-refractivity contribution in [2.75, 3.05) is 0 Å². The summed E-state index contributed by atoms with van der Waals surface area (Å²) in [6, 6.07) is 27.5. The van der Waals surface area contributed by atoms with Gasteiger partial charge < -0.3 is 14.2 Å². The normalized spacial score (nSPS) is 10.5. The van der Waals surface area contributed by atoms with Gasteiger partial charge in [0.25, 0.3) is 11.9 Å². The van der Waals surface area contributed by atoms with Crippen molar-refractivity contribution in [1.82, 2.24) is 0 Å². The van der Waals surface area contributed by atoms with Gasteiger partial charge in [-0.15, -0.1) is 0 Å². The third kappa shape index (κ3) is 3.62. The summed E-state index contributed by atoms with van der Waals surface area (Å²) in [5.41, 5.74) is 0. The monoisotopic (exact) mass is 354 g/mol. The summed E-state index contributed by atoms with van der Waals surface area (Å²) in [5, 5.41) is 4.11. The van der Waals surface area contributed by atoms with E-state index in [4.69, 9.17) is 14.2 Å². The largest absolute Gasteiger partial charge is 0.426 e. The fourth-order valence-electron chi connectivity index (χ4n) is 2.98. The minimum absolute atomic E-state index is 0.0941. The predicted octanol–water partition coefficient (Wildman–Crippen LogP) is 6.41. The van der Waals surface area contributed by atoms with Gasteiger partial charge in [0.1, 0.15) is 11.5 Å². The van der Waals surface area contributed by atoms with Gasteiger partial charge in [-0.1, -0.05) is 72.8 Å². The first-order valence-electron chi connectivity index (χ1n) is 8.57. The van der Waals surface area contributed by atoms with Crippen LogP contribution in [0.3, 0.4) is 0 Å². The Labute approximate surface area is 157 Å². The van der Waals surface area contributed by atoms with Crippen LogP contribution in [0.25, 0.3) is 21.5 Å². The summed E-state index contributed by atoms with van der Waals surface area (Å²) in [5.74, 6) is 1.51. The number of rotatable bonds is 6. The molecule has 0 spiro atoms. The fourth-order valence-corrected chi connectivity index (χ4v) is 2.98. The average Bonchev–Trinajstić information content (AvgIpc) is 2.68. The van der Waals surface area contributed by atoms with E-state index in [2.05, 4.69) is 13.2 Å². The van der Waals surface area contributed by atoms with Gasteiger partial charge in [-0.25, -0.2) is 0 Å². The number of hydrogen-bond donors (Lipinski definition) is 0. The van der Waals surface area contributed by atoms with Crippen LogP contribution in [-0.2, 0) is 4.74 Å². The van der Waals surface area contributed by atoms with Crippen molar-refractivity contribution in [3.63, 3.8) is 0 Å². The Morgan fingerprint density at radius 2 is 0.926 bits per heavy atom. The summed E-state index contributed by atoms with van der Waals surface area (Å²) < 4.78 is 17.1. The lowest BCUT2D eigenvalue weighted by atomic mass is 10.1. The molecular formula is C24H18O3. The van der Waals surface area contributed by atoms with Crippen molar-refractivity contribution in [2.24, 2.45) is 0 Å². The first-order valence-corrected chi connectivity index (χ1v) is 8.57. The molecule has 0 bridgehead atoms. The molecule has 3 heteroatoms. The van der Waals surface area contributed by atoms with E-state index in [1.807, 2.05) is 84.9 Å². The predicted molar refractivity (Wildman–Crippen MR) is 109 cm³/mol. The lowest BCUT2D eigenvalue weighted by Crippen LogP contribution is -2.04. The molecule has 0 saturated heterocycles. The van der Waals surface area contributed by atoms with Crippen LogP contribution in [0.1, 0.15) is 0 Å². The van der Waals surface area contributed by atoms with Crippen molar-refractivity contribution in [2.45, 2.75) is 0 Å². The van der Waals surface area contributed by atoms with E-state index in [1.165, 1.54) is 0 Å². The van der Waals surface area contributed by atoms with Crippen molar-refractivity contribution in [1.29, 1.82) is 0 Å². The summed E-state index contributed by atoms with van der Waals surface area (Å²) in [6.07, 6.45) is 0. The van der Waals surface area contributed by atoms with Crippen LogP contribution in [0.4, 0.5) is 0 Å². The zero-order chi connectivity index (χ0) is 18.6. The first kappa shape index (κ1) is 16.7. The SMILES string of the molecule is C=C(OC(=C)Oc1cccc2ccccc12)Oc1cccc2ccccc12. The molecule has 4 aromatic rings. The molecule has 0 N–H and O–H groups in total. The molecule has 0 aliphatic carbocycles. The van der Waals surface area contributed by atoms with Crippen LogP contribution in [0.15, 0.2) is 110 Å². The number of benzene rings is 4. The van der Waals surface area contributed by atoms with Gasteiger partial charge in [-0.2, -0.15) is 0 Å². The first-order chi connectivity index (χ1) is 13.2. The summed E-state index contributed by atoms with van der Waals surface area (Å²) >= 11 is 0. The van der Waals surface area contributed by atoms with Crippen LogP contribution in [0, 0.1) is 0 Å². The third-order valence-electron chi connectivity index (χ3n) is 4.17. The minimum Gasteiger partial charge on any atom is -0.426 e. The van der Waals surface area contributed by atoms with Gasteiger partial charge in [-0.3, -0.25) is 0 Å². The average molecular weight is 354 g/mol. The Hall–Kier alpha value is -3.72. The molecule has 0 aliphatic rings. The van der Waals surface area contributed by atoms with Crippen molar-refractivity contribution in [3.05, 3.63) is 110 Å². The Kier molecular flexibility index (Phi) is 4.50. The number of fused-ring (bicyclic) bond motifs is 2. The van der Waals surface area contributed by atoms with E-state index in [0.717, 1.165) is 21.5 Å². The number of hydrogen-bond acceptors (Lipinski definition) is 3. The summed E-state index contributed by atoms with van der Waals surface area (Å²) in [4.78, 5) is 0. The van der Waals surface area contributed by atoms with Crippen LogP contribution >= 0.6 is 0 Å². The van der Waals surface area contributed by atoms with E-state index in [9.17, 15) is 0 Å². The zero-order valence-corrected chi connectivity index (χ0v) is 14.7. The Morgan fingerprint density at radius 3 is 1.41 bits per heavy atom. The molecule has 0 unspecified atom stereocenters. The van der Waals surface area contributed by atoms with Crippen LogP contribution in [-0.4, -0.2) is 0 Å². The lowest BCUT2D eigenvalue weighted by molar-refractivity contribution is 0.0933. The summed E-state index contributed by atoms with van der Waals surface area (Å²) in [7, 11) is 0. The molecule has 0 saturated carbocycles. The van der Waals surface area contributed by atoms with Crippen LogP contribution in [0.2, 0.25) is 0 Å². The second-order valence-corrected chi connectivity index (χ2v) is 6.00. The molecule has 0 heterocycles.